The van der Waals surface area contributed by atoms with Crippen molar-refractivity contribution in [2.45, 2.75) is 44.4 Å². The predicted molar refractivity (Wildman–Crippen MR) is 89.7 cm³/mol. The van der Waals surface area contributed by atoms with Gasteiger partial charge in [-0.15, -0.1) is 0 Å². The Morgan fingerprint density at radius 1 is 1.30 bits per heavy atom. The summed E-state index contributed by atoms with van der Waals surface area (Å²) in [6.45, 7) is 9.49. The molecule has 2 aliphatic rings. The van der Waals surface area contributed by atoms with Gasteiger partial charge < -0.3 is 5.32 Å². The number of nitrogens with one attached hydrogen (secondary N) is 1. The molecule has 0 spiro atoms. The van der Waals surface area contributed by atoms with Gasteiger partial charge in [0.05, 0.1) is 0 Å². The second kappa shape index (κ2) is 5.98. The van der Waals surface area contributed by atoms with Gasteiger partial charge >= 0.3 is 0 Å². The molecule has 2 nitrogen and oxygen atoms in total. The summed E-state index contributed by atoms with van der Waals surface area (Å²) in [5.41, 5.74) is 4.48. The molecule has 20 heavy (non-hydrogen) atoms. The average Bonchev–Trinajstić information content (AvgIpc) is 2.61. The molecule has 0 saturated carbocycles. The molecule has 0 radical (unpaired) electrons. The summed E-state index contributed by atoms with van der Waals surface area (Å²) in [6.07, 6.45) is 3.81. The van der Waals surface area contributed by atoms with Crippen molar-refractivity contribution in [3.05, 3.63) is 29.3 Å². The predicted octanol–water partition coefficient (Wildman–Crippen LogP) is 3.76. The lowest BCUT2D eigenvalue weighted by molar-refractivity contribution is 0.275. The topological polar surface area (TPSA) is 15.3 Å². The van der Waals surface area contributed by atoms with Crippen LogP contribution < -0.4 is 5.32 Å². The monoisotopic (exact) mass is 290 g/mol. The van der Waals surface area contributed by atoms with Gasteiger partial charge in [-0.05, 0) is 43.0 Å². The summed E-state index contributed by atoms with van der Waals surface area (Å²) in [5, 5.41) is 3.54. The summed E-state index contributed by atoms with van der Waals surface area (Å²) in [5.74, 6) is 1.26. The van der Waals surface area contributed by atoms with Crippen LogP contribution in [0.4, 0.5) is 5.69 Å². The normalized spacial score (nSPS) is 22.7. The van der Waals surface area contributed by atoms with Gasteiger partial charge in [0.15, 0.2) is 0 Å². The highest BCUT2D eigenvalue weighted by Gasteiger charge is 2.24. The van der Waals surface area contributed by atoms with Crippen molar-refractivity contribution in [2.24, 2.45) is 0 Å². The minimum atomic E-state index is 0.451. The van der Waals surface area contributed by atoms with Crippen LogP contribution in [0.2, 0.25) is 0 Å². The van der Waals surface area contributed by atoms with Gasteiger partial charge in [0.2, 0.25) is 0 Å². The summed E-state index contributed by atoms with van der Waals surface area (Å²) in [4.78, 5) is 2.64. The van der Waals surface area contributed by atoms with Gasteiger partial charge in [0.25, 0.3) is 0 Å². The lowest BCUT2D eigenvalue weighted by Gasteiger charge is -2.26. The van der Waals surface area contributed by atoms with Gasteiger partial charge in [-0.3, -0.25) is 4.90 Å². The highest BCUT2D eigenvalue weighted by atomic mass is 32.2. The minimum absolute atomic E-state index is 0.451. The van der Waals surface area contributed by atoms with E-state index in [4.69, 9.17) is 0 Å². The number of thioether (sulfide) groups is 1. The molecule has 3 heteroatoms. The zero-order valence-electron chi connectivity index (χ0n) is 12.7. The van der Waals surface area contributed by atoms with Crippen molar-refractivity contribution in [1.82, 2.24) is 4.90 Å². The van der Waals surface area contributed by atoms with Crippen LogP contribution in [-0.2, 0) is 13.0 Å². The van der Waals surface area contributed by atoms with Crippen LogP contribution >= 0.6 is 11.8 Å². The van der Waals surface area contributed by atoms with E-state index in [-0.39, 0.29) is 0 Å². The molecule has 3 rings (SSSR count). The number of fused-ring (bicyclic) bond motifs is 1. The Hall–Kier alpha value is -0.670. The van der Waals surface area contributed by atoms with Crippen molar-refractivity contribution in [2.75, 3.05) is 30.7 Å². The second-order valence-electron chi connectivity index (χ2n) is 6.61. The lowest BCUT2D eigenvalue weighted by Crippen LogP contribution is -2.27. The van der Waals surface area contributed by atoms with Crippen LogP contribution in [0.15, 0.2) is 18.2 Å². The molecule has 2 heterocycles. The maximum atomic E-state index is 3.54. The number of anilines is 1. The van der Waals surface area contributed by atoms with Crippen LogP contribution in [0.1, 0.15) is 37.8 Å². The molecule has 1 aromatic rings. The van der Waals surface area contributed by atoms with Crippen LogP contribution in [0.25, 0.3) is 0 Å². The van der Waals surface area contributed by atoms with Crippen molar-refractivity contribution in [3.8, 4) is 0 Å². The number of rotatable bonds is 2. The Labute approximate surface area is 127 Å². The summed E-state index contributed by atoms with van der Waals surface area (Å²) < 4.78 is 0.451. The van der Waals surface area contributed by atoms with E-state index in [1.165, 1.54) is 43.8 Å². The smallest absolute Gasteiger partial charge is 0.0375 e. The van der Waals surface area contributed by atoms with E-state index in [0.29, 0.717) is 4.75 Å². The van der Waals surface area contributed by atoms with E-state index < -0.39 is 0 Å². The van der Waals surface area contributed by atoms with E-state index in [1.807, 2.05) is 0 Å². The molecule has 0 atom stereocenters. The van der Waals surface area contributed by atoms with E-state index in [2.05, 4.69) is 54.0 Å². The molecule has 0 aromatic heterocycles. The highest BCUT2D eigenvalue weighted by molar-refractivity contribution is 8.00. The van der Waals surface area contributed by atoms with Gasteiger partial charge in [0.1, 0.15) is 0 Å². The number of benzene rings is 1. The van der Waals surface area contributed by atoms with Gasteiger partial charge in [-0.2, -0.15) is 11.8 Å². The van der Waals surface area contributed by atoms with Crippen LogP contribution in [0.3, 0.4) is 0 Å². The fourth-order valence-corrected chi connectivity index (χ4v) is 4.33. The molecule has 0 unspecified atom stereocenters. The molecule has 1 aromatic carbocycles. The van der Waals surface area contributed by atoms with Gasteiger partial charge in [-0.1, -0.05) is 26.0 Å². The number of nitrogens with zero attached hydrogens (tertiary/aromatic N) is 1. The van der Waals surface area contributed by atoms with Crippen molar-refractivity contribution in [3.63, 3.8) is 0 Å². The fraction of sp³-hybridized carbons (Fsp3) is 0.647. The Bertz CT molecular complexity index is 470. The largest absolute Gasteiger partial charge is 0.385 e. The van der Waals surface area contributed by atoms with Crippen molar-refractivity contribution < 1.29 is 0 Å². The zero-order chi connectivity index (χ0) is 14.0. The first-order chi connectivity index (χ1) is 9.64. The first kappa shape index (κ1) is 14.3. The molecule has 0 aliphatic carbocycles. The molecule has 1 saturated heterocycles. The summed E-state index contributed by atoms with van der Waals surface area (Å²) >= 11 is 2.13. The standard InChI is InChI=1S/C17H26N2S/c1-17(2)8-10-19(11-12-20-17)13-14-5-3-7-16-15(14)6-4-9-18-16/h3,5,7,18H,4,6,8-13H2,1-2H3. The Balaban J connectivity index is 1.72. The van der Waals surface area contributed by atoms with E-state index in [1.54, 1.807) is 11.1 Å². The Kier molecular flexibility index (Phi) is 4.27. The molecular formula is C17H26N2S. The SMILES string of the molecule is CC1(C)CCN(Cc2cccc3c2CCCN3)CCS1. The number of hydrogen-bond acceptors (Lipinski definition) is 3. The second-order valence-corrected chi connectivity index (χ2v) is 8.41. The Morgan fingerprint density at radius 3 is 3.10 bits per heavy atom. The van der Waals surface area contributed by atoms with Gasteiger partial charge in [0, 0.05) is 35.8 Å². The third kappa shape index (κ3) is 3.32. The molecule has 0 amide bonds. The molecule has 110 valence electrons. The maximum Gasteiger partial charge on any atom is 0.0375 e. The third-order valence-corrected chi connectivity index (χ3v) is 5.89. The third-order valence-electron chi connectivity index (χ3n) is 4.52. The van der Waals surface area contributed by atoms with Crippen molar-refractivity contribution >= 4 is 17.4 Å². The minimum Gasteiger partial charge on any atom is -0.385 e. The lowest BCUT2D eigenvalue weighted by atomic mass is 9.97. The average molecular weight is 290 g/mol. The first-order valence-electron chi connectivity index (χ1n) is 7.85. The number of hydrogen-bond donors (Lipinski definition) is 1. The fourth-order valence-electron chi connectivity index (χ4n) is 3.19. The maximum absolute atomic E-state index is 3.54. The van der Waals surface area contributed by atoms with Crippen LogP contribution in [0.5, 0.6) is 0 Å². The Morgan fingerprint density at radius 2 is 2.20 bits per heavy atom. The van der Waals surface area contributed by atoms with Gasteiger partial charge in [-0.25, -0.2) is 0 Å². The zero-order valence-corrected chi connectivity index (χ0v) is 13.6. The highest BCUT2D eigenvalue weighted by Crippen LogP contribution is 2.32. The molecule has 1 fully saturated rings. The van der Waals surface area contributed by atoms with E-state index in [0.717, 1.165) is 13.1 Å². The molecular weight excluding hydrogens is 264 g/mol. The molecule has 2 aliphatic heterocycles. The van der Waals surface area contributed by atoms with Crippen LogP contribution in [0, 0.1) is 0 Å². The quantitative estimate of drug-likeness (QED) is 0.893. The van der Waals surface area contributed by atoms with Crippen molar-refractivity contribution in [1.29, 1.82) is 0 Å². The summed E-state index contributed by atoms with van der Waals surface area (Å²) in [6, 6.07) is 6.78. The van der Waals surface area contributed by atoms with E-state index in [9.17, 15) is 0 Å². The molecule has 1 N–H and O–H groups in total. The molecule has 0 bridgehead atoms. The summed E-state index contributed by atoms with van der Waals surface area (Å²) in [7, 11) is 0. The van der Waals surface area contributed by atoms with E-state index >= 15 is 0 Å². The van der Waals surface area contributed by atoms with Crippen LogP contribution in [-0.4, -0.2) is 35.0 Å². The first-order valence-corrected chi connectivity index (χ1v) is 8.84.